The summed E-state index contributed by atoms with van der Waals surface area (Å²) >= 11 is 0. The van der Waals surface area contributed by atoms with Gasteiger partial charge in [0.05, 0.1) is 6.20 Å². The number of aryl methyl sites for hydroxylation is 3. The zero-order valence-corrected chi connectivity index (χ0v) is 16.1. The number of amides is 1. The SMILES string of the molecule is Cc1ccc(C)n1-c1c(C(=O)NCC(C)(C)c2ccccc2)cnn1C. The molecule has 1 N–H and O–H groups in total. The first-order chi connectivity index (χ1) is 12.3. The molecule has 136 valence electrons. The fourth-order valence-corrected chi connectivity index (χ4v) is 3.25. The molecule has 0 aliphatic carbocycles. The summed E-state index contributed by atoms with van der Waals surface area (Å²) < 4.78 is 3.81. The lowest BCUT2D eigenvalue weighted by Crippen LogP contribution is -2.37. The maximum Gasteiger partial charge on any atom is 0.256 e. The molecule has 2 aromatic heterocycles. The number of hydrogen-bond acceptors (Lipinski definition) is 2. The van der Waals surface area contributed by atoms with Crippen LogP contribution in [0.3, 0.4) is 0 Å². The molecule has 0 saturated heterocycles. The molecule has 0 spiro atoms. The fourth-order valence-electron chi connectivity index (χ4n) is 3.25. The van der Waals surface area contributed by atoms with Gasteiger partial charge in [0.25, 0.3) is 5.91 Å². The lowest BCUT2D eigenvalue weighted by molar-refractivity contribution is 0.0945. The molecule has 0 aliphatic heterocycles. The molecule has 0 aliphatic rings. The van der Waals surface area contributed by atoms with Crippen LogP contribution in [0.4, 0.5) is 0 Å². The Morgan fingerprint density at radius 1 is 1.08 bits per heavy atom. The Morgan fingerprint density at radius 3 is 2.31 bits per heavy atom. The Morgan fingerprint density at radius 2 is 1.69 bits per heavy atom. The number of hydrogen-bond donors (Lipinski definition) is 1. The summed E-state index contributed by atoms with van der Waals surface area (Å²) in [4.78, 5) is 12.9. The third-order valence-corrected chi connectivity index (χ3v) is 4.88. The summed E-state index contributed by atoms with van der Waals surface area (Å²) in [5.74, 6) is 0.685. The van der Waals surface area contributed by atoms with E-state index in [9.17, 15) is 4.79 Å². The molecule has 26 heavy (non-hydrogen) atoms. The average molecular weight is 350 g/mol. The second-order valence-electron chi connectivity index (χ2n) is 7.39. The number of nitrogens with zero attached hydrogens (tertiary/aromatic N) is 3. The van der Waals surface area contributed by atoms with Crippen LogP contribution in [0.2, 0.25) is 0 Å². The molecule has 0 bridgehead atoms. The van der Waals surface area contributed by atoms with Crippen molar-refractivity contribution in [1.82, 2.24) is 19.7 Å². The normalized spacial score (nSPS) is 11.6. The minimum atomic E-state index is -0.154. The van der Waals surface area contributed by atoms with Crippen molar-refractivity contribution in [3.05, 3.63) is 71.2 Å². The van der Waals surface area contributed by atoms with Crippen LogP contribution in [0.5, 0.6) is 0 Å². The topological polar surface area (TPSA) is 51.9 Å². The molecular formula is C21H26N4O. The monoisotopic (exact) mass is 350 g/mol. The summed E-state index contributed by atoms with van der Waals surface area (Å²) in [6.07, 6.45) is 1.64. The Hall–Kier alpha value is -2.82. The van der Waals surface area contributed by atoms with E-state index in [2.05, 4.69) is 41.0 Å². The second kappa shape index (κ2) is 6.83. The standard InChI is InChI=1S/C21H26N4O/c1-15-11-12-16(2)25(15)20-18(13-23-24(20)5)19(26)22-14-21(3,4)17-9-7-6-8-10-17/h6-13H,14H2,1-5H3,(H,22,26). The molecular weight excluding hydrogens is 324 g/mol. The first-order valence-electron chi connectivity index (χ1n) is 8.82. The van der Waals surface area contributed by atoms with Crippen LogP contribution < -0.4 is 5.32 Å². The van der Waals surface area contributed by atoms with Crippen molar-refractivity contribution in [3.8, 4) is 5.82 Å². The summed E-state index contributed by atoms with van der Waals surface area (Å²) in [6.45, 7) is 8.87. The zero-order chi connectivity index (χ0) is 18.9. The molecule has 2 heterocycles. The summed E-state index contributed by atoms with van der Waals surface area (Å²) in [5.41, 5.74) is 3.77. The van der Waals surface area contributed by atoms with Crippen LogP contribution in [0.1, 0.15) is 41.2 Å². The molecule has 0 radical (unpaired) electrons. The molecule has 0 unspecified atom stereocenters. The van der Waals surface area contributed by atoms with Crippen LogP contribution in [0, 0.1) is 13.8 Å². The van der Waals surface area contributed by atoms with Crippen molar-refractivity contribution >= 4 is 5.91 Å². The van der Waals surface area contributed by atoms with E-state index >= 15 is 0 Å². The molecule has 5 heteroatoms. The van der Waals surface area contributed by atoms with Crippen molar-refractivity contribution in [2.75, 3.05) is 6.54 Å². The van der Waals surface area contributed by atoms with Crippen molar-refractivity contribution in [2.45, 2.75) is 33.1 Å². The summed E-state index contributed by atoms with van der Waals surface area (Å²) in [6, 6.07) is 14.3. The number of aromatic nitrogens is 3. The van der Waals surface area contributed by atoms with Gasteiger partial charge in [0.2, 0.25) is 0 Å². The fraction of sp³-hybridized carbons (Fsp3) is 0.333. The smallest absolute Gasteiger partial charge is 0.256 e. The van der Waals surface area contributed by atoms with Gasteiger partial charge in [-0.05, 0) is 31.5 Å². The van der Waals surface area contributed by atoms with E-state index in [0.29, 0.717) is 12.1 Å². The van der Waals surface area contributed by atoms with Gasteiger partial charge in [-0.1, -0.05) is 44.2 Å². The molecule has 5 nitrogen and oxygen atoms in total. The van der Waals surface area contributed by atoms with E-state index < -0.39 is 0 Å². The maximum atomic E-state index is 12.9. The minimum absolute atomic E-state index is 0.107. The maximum absolute atomic E-state index is 12.9. The lowest BCUT2D eigenvalue weighted by Gasteiger charge is -2.25. The number of carbonyl (C=O) groups is 1. The van der Waals surface area contributed by atoms with Gasteiger partial charge in [-0.3, -0.25) is 9.48 Å². The van der Waals surface area contributed by atoms with Gasteiger partial charge in [0.15, 0.2) is 0 Å². The highest BCUT2D eigenvalue weighted by Crippen LogP contribution is 2.23. The molecule has 0 fully saturated rings. The molecule has 3 aromatic rings. The third kappa shape index (κ3) is 3.29. The van der Waals surface area contributed by atoms with Crippen LogP contribution in [0.15, 0.2) is 48.7 Å². The summed E-state index contributed by atoms with van der Waals surface area (Å²) in [7, 11) is 1.86. The zero-order valence-electron chi connectivity index (χ0n) is 16.1. The molecule has 1 aromatic carbocycles. The van der Waals surface area contributed by atoms with Crippen molar-refractivity contribution in [3.63, 3.8) is 0 Å². The number of nitrogens with one attached hydrogen (secondary N) is 1. The van der Waals surface area contributed by atoms with Crippen molar-refractivity contribution in [1.29, 1.82) is 0 Å². The number of carbonyl (C=O) groups excluding carboxylic acids is 1. The van der Waals surface area contributed by atoms with Crippen LogP contribution in [-0.4, -0.2) is 26.8 Å². The van der Waals surface area contributed by atoms with E-state index in [-0.39, 0.29) is 11.3 Å². The van der Waals surface area contributed by atoms with Crippen LogP contribution >= 0.6 is 0 Å². The quantitative estimate of drug-likeness (QED) is 0.765. The first-order valence-corrected chi connectivity index (χ1v) is 8.82. The summed E-state index contributed by atoms with van der Waals surface area (Å²) in [5, 5.41) is 7.40. The highest BCUT2D eigenvalue weighted by atomic mass is 16.1. The van der Waals surface area contributed by atoms with Gasteiger partial charge in [0.1, 0.15) is 11.4 Å². The Labute approximate surface area is 154 Å². The predicted molar refractivity (Wildman–Crippen MR) is 104 cm³/mol. The van der Waals surface area contributed by atoms with E-state index in [1.807, 2.05) is 51.2 Å². The molecule has 1 amide bonds. The van der Waals surface area contributed by atoms with Gasteiger partial charge < -0.3 is 9.88 Å². The van der Waals surface area contributed by atoms with Crippen molar-refractivity contribution < 1.29 is 4.79 Å². The van der Waals surface area contributed by atoms with Crippen LogP contribution in [0.25, 0.3) is 5.82 Å². The van der Waals surface area contributed by atoms with Crippen molar-refractivity contribution in [2.24, 2.45) is 7.05 Å². The van der Waals surface area contributed by atoms with E-state index in [0.717, 1.165) is 17.2 Å². The van der Waals surface area contributed by atoms with Gasteiger partial charge in [-0.25, -0.2) is 0 Å². The molecule has 3 rings (SSSR count). The van der Waals surface area contributed by atoms with Gasteiger partial charge >= 0.3 is 0 Å². The van der Waals surface area contributed by atoms with E-state index in [1.165, 1.54) is 5.56 Å². The van der Waals surface area contributed by atoms with Crippen LogP contribution in [-0.2, 0) is 12.5 Å². The van der Waals surface area contributed by atoms with Gasteiger partial charge in [0, 0.05) is 30.4 Å². The first kappa shape index (κ1) is 18.0. The predicted octanol–water partition coefficient (Wildman–Crippen LogP) is 3.54. The van der Waals surface area contributed by atoms with Gasteiger partial charge in [-0.2, -0.15) is 5.10 Å². The van der Waals surface area contributed by atoms with E-state index in [1.54, 1.807) is 10.9 Å². The number of rotatable bonds is 5. The molecule has 0 atom stereocenters. The highest BCUT2D eigenvalue weighted by molar-refractivity contribution is 5.97. The highest BCUT2D eigenvalue weighted by Gasteiger charge is 2.24. The second-order valence-corrected chi connectivity index (χ2v) is 7.39. The van der Waals surface area contributed by atoms with Gasteiger partial charge in [-0.15, -0.1) is 0 Å². The largest absolute Gasteiger partial charge is 0.351 e. The third-order valence-electron chi connectivity index (χ3n) is 4.88. The molecule has 0 saturated carbocycles. The Kier molecular flexibility index (Phi) is 4.72. The average Bonchev–Trinajstić information content (AvgIpc) is 3.15. The minimum Gasteiger partial charge on any atom is -0.351 e. The lowest BCUT2D eigenvalue weighted by atomic mass is 9.84. The Balaban J connectivity index is 1.84. The number of benzene rings is 1. The van der Waals surface area contributed by atoms with E-state index in [4.69, 9.17) is 0 Å². The Bertz CT molecular complexity index is 899.